The fraction of sp³-hybridized carbons (Fsp3) is 0.222. The number of anilines is 2. The average molecular weight is 396 g/mol. The van der Waals surface area contributed by atoms with Crippen molar-refractivity contribution in [2.24, 2.45) is 0 Å². The lowest BCUT2D eigenvalue weighted by Crippen LogP contribution is -2.26. The molecule has 0 radical (unpaired) electrons. The highest BCUT2D eigenvalue weighted by molar-refractivity contribution is 7.13. The summed E-state index contributed by atoms with van der Waals surface area (Å²) < 4.78 is 0. The molecule has 0 aliphatic heterocycles. The summed E-state index contributed by atoms with van der Waals surface area (Å²) in [6, 6.07) is 10.5. The Kier molecular flexibility index (Phi) is 4.94. The predicted octanol–water partition coefficient (Wildman–Crippen LogP) is 3.26. The Morgan fingerprint density at radius 2 is 2.11 bits per heavy atom. The van der Waals surface area contributed by atoms with Crippen molar-refractivity contribution in [3.63, 3.8) is 0 Å². The minimum Gasteiger partial charge on any atom is -0.349 e. The second-order valence-electron chi connectivity index (χ2n) is 6.35. The third-order valence-electron chi connectivity index (χ3n) is 4.40. The number of carbonyl (C=O) groups is 1. The summed E-state index contributed by atoms with van der Waals surface area (Å²) in [4.78, 5) is 29.7. The van der Waals surface area contributed by atoms with E-state index >= 15 is 0 Å². The Hall–Kier alpha value is -3.40. The van der Waals surface area contributed by atoms with Crippen molar-refractivity contribution in [1.82, 2.24) is 15.2 Å². The summed E-state index contributed by atoms with van der Waals surface area (Å²) in [6.07, 6.45) is 3.53. The lowest BCUT2D eigenvalue weighted by molar-refractivity contribution is -0.385. The van der Waals surface area contributed by atoms with Crippen molar-refractivity contribution in [2.75, 3.05) is 10.2 Å². The number of aromatic nitrogens is 3. The van der Waals surface area contributed by atoms with E-state index in [-0.39, 0.29) is 16.5 Å². The Bertz CT molecular complexity index is 989. The molecule has 142 valence electrons. The number of carbonyl (C=O) groups excluding carboxylic acids is 1. The molecule has 1 aliphatic carbocycles. The predicted molar refractivity (Wildman–Crippen MR) is 104 cm³/mol. The molecule has 2 aromatic heterocycles. The van der Waals surface area contributed by atoms with Gasteiger partial charge in [0.15, 0.2) is 0 Å². The maximum atomic E-state index is 12.2. The normalized spacial score (nSPS) is 13.1. The first-order chi connectivity index (χ1) is 13.6. The zero-order chi connectivity index (χ0) is 19.5. The van der Waals surface area contributed by atoms with Gasteiger partial charge in [0.1, 0.15) is 11.3 Å². The van der Waals surface area contributed by atoms with Crippen LogP contribution in [0.25, 0.3) is 0 Å². The minimum absolute atomic E-state index is 0.0983. The first kappa shape index (κ1) is 18.0. The highest BCUT2D eigenvalue weighted by Crippen LogP contribution is 2.33. The van der Waals surface area contributed by atoms with Crippen LogP contribution >= 0.6 is 11.3 Å². The largest absolute Gasteiger partial charge is 0.349 e. The second kappa shape index (κ2) is 7.69. The Labute approximate surface area is 164 Å². The van der Waals surface area contributed by atoms with Gasteiger partial charge >= 0.3 is 0 Å². The molecule has 1 amide bonds. The monoisotopic (exact) mass is 396 g/mol. The molecular weight excluding hydrogens is 380 g/mol. The minimum atomic E-state index is -0.366. The van der Waals surface area contributed by atoms with E-state index in [1.807, 2.05) is 0 Å². The SMILES string of the molecule is O=C(Nc1nncs1)c1ccc(N(Cc2ccccc2[N+](=O)[O-])C2CC2)nc1. The molecule has 1 saturated carbocycles. The molecule has 1 fully saturated rings. The van der Waals surface area contributed by atoms with E-state index in [0.717, 1.165) is 12.8 Å². The number of hydrogen-bond donors (Lipinski definition) is 1. The van der Waals surface area contributed by atoms with Gasteiger partial charge in [-0.1, -0.05) is 29.5 Å². The Morgan fingerprint density at radius 3 is 2.75 bits per heavy atom. The third kappa shape index (κ3) is 3.96. The number of rotatable bonds is 7. The van der Waals surface area contributed by atoms with Gasteiger partial charge in [-0.15, -0.1) is 10.2 Å². The van der Waals surface area contributed by atoms with Crippen molar-refractivity contribution >= 4 is 33.9 Å². The van der Waals surface area contributed by atoms with Crippen LogP contribution in [0.3, 0.4) is 0 Å². The van der Waals surface area contributed by atoms with Crippen LogP contribution in [-0.4, -0.2) is 32.1 Å². The van der Waals surface area contributed by atoms with E-state index in [0.29, 0.717) is 34.7 Å². The van der Waals surface area contributed by atoms with Gasteiger partial charge in [-0.25, -0.2) is 4.98 Å². The highest BCUT2D eigenvalue weighted by Gasteiger charge is 2.31. The molecule has 3 aromatic rings. The molecule has 2 heterocycles. The number of pyridine rings is 1. The summed E-state index contributed by atoms with van der Waals surface area (Å²) >= 11 is 1.23. The lowest BCUT2D eigenvalue weighted by atomic mass is 10.1. The van der Waals surface area contributed by atoms with Gasteiger partial charge in [-0.3, -0.25) is 20.2 Å². The first-order valence-electron chi connectivity index (χ1n) is 8.64. The molecule has 0 spiro atoms. The first-order valence-corrected chi connectivity index (χ1v) is 9.52. The number of para-hydroxylation sites is 1. The van der Waals surface area contributed by atoms with Crippen LogP contribution in [0.2, 0.25) is 0 Å². The van der Waals surface area contributed by atoms with Gasteiger partial charge in [0.25, 0.3) is 11.6 Å². The van der Waals surface area contributed by atoms with E-state index in [1.165, 1.54) is 29.1 Å². The topological polar surface area (TPSA) is 114 Å². The van der Waals surface area contributed by atoms with Gasteiger partial charge in [0.2, 0.25) is 5.13 Å². The summed E-state index contributed by atoms with van der Waals surface area (Å²) in [6.45, 7) is 0.394. The quantitative estimate of drug-likeness (QED) is 0.481. The smallest absolute Gasteiger partial charge is 0.274 e. The number of nitro benzene ring substituents is 1. The fourth-order valence-corrected chi connectivity index (χ4v) is 3.32. The molecule has 0 saturated heterocycles. The molecule has 28 heavy (non-hydrogen) atoms. The molecule has 1 N–H and O–H groups in total. The number of nitrogens with one attached hydrogen (secondary N) is 1. The zero-order valence-electron chi connectivity index (χ0n) is 14.7. The Morgan fingerprint density at radius 1 is 1.29 bits per heavy atom. The van der Waals surface area contributed by atoms with E-state index in [9.17, 15) is 14.9 Å². The van der Waals surface area contributed by atoms with Gasteiger partial charge in [0, 0.05) is 23.9 Å². The third-order valence-corrected chi connectivity index (χ3v) is 5.01. The van der Waals surface area contributed by atoms with E-state index < -0.39 is 0 Å². The molecule has 1 aliphatic rings. The van der Waals surface area contributed by atoms with Crippen molar-refractivity contribution in [1.29, 1.82) is 0 Å². The lowest BCUT2D eigenvalue weighted by Gasteiger charge is -2.23. The van der Waals surface area contributed by atoms with Crippen molar-refractivity contribution in [3.05, 3.63) is 69.3 Å². The van der Waals surface area contributed by atoms with Gasteiger partial charge < -0.3 is 4.90 Å². The van der Waals surface area contributed by atoms with Crippen molar-refractivity contribution < 1.29 is 9.72 Å². The van der Waals surface area contributed by atoms with Crippen LogP contribution in [0, 0.1) is 10.1 Å². The number of nitro groups is 1. The number of hydrogen-bond acceptors (Lipinski definition) is 8. The average Bonchev–Trinajstić information content (AvgIpc) is 3.42. The van der Waals surface area contributed by atoms with E-state index in [1.54, 1.807) is 30.3 Å². The number of benzene rings is 1. The van der Waals surface area contributed by atoms with Crippen LogP contribution in [-0.2, 0) is 6.54 Å². The summed E-state index contributed by atoms with van der Waals surface area (Å²) in [5.41, 5.74) is 2.67. The maximum absolute atomic E-state index is 12.2. The van der Waals surface area contributed by atoms with Gasteiger partial charge in [0.05, 0.1) is 17.0 Å². The van der Waals surface area contributed by atoms with Crippen molar-refractivity contribution in [3.8, 4) is 0 Å². The van der Waals surface area contributed by atoms with Crippen molar-refractivity contribution in [2.45, 2.75) is 25.4 Å². The Balaban J connectivity index is 1.53. The maximum Gasteiger partial charge on any atom is 0.274 e. The second-order valence-corrected chi connectivity index (χ2v) is 7.18. The molecule has 10 heteroatoms. The van der Waals surface area contributed by atoms with Gasteiger partial charge in [-0.2, -0.15) is 0 Å². The molecule has 9 nitrogen and oxygen atoms in total. The molecule has 0 bridgehead atoms. The standard InChI is InChI=1S/C18H16N6O3S/c25-17(21-18-22-20-11-28-18)12-5-8-16(19-9-12)23(14-6-7-14)10-13-3-1-2-4-15(13)24(26)27/h1-5,8-9,11,14H,6-7,10H2,(H,21,22,25). The highest BCUT2D eigenvalue weighted by atomic mass is 32.1. The molecule has 0 unspecified atom stereocenters. The summed E-state index contributed by atoms with van der Waals surface area (Å²) in [5.74, 6) is 0.376. The summed E-state index contributed by atoms with van der Waals surface area (Å²) in [7, 11) is 0. The van der Waals surface area contributed by atoms with Crippen LogP contribution < -0.4 is 10.2 Å². The molecule has 1 aromatic carbocycles. The molecule has 0 atom stereocenters. The molecule has 4 rings (SSSR count). The molecular formula is C18H16N6O3S. The summed E-state index contributed by atoms with van der Waals surface area (Å²) in [5, 5.41) is 21.8. The number of nitrogens with zero attached hydrogens (tertiary/aromatic N) is 5. The van der Waals surface area contributed by atoms with Gasteiger partial charge in [-0.05, 0) is 25.0 Å². The van der Waals surface area contributed by atoms with Crippen LogP contribution in [0.1, 0.15) is 28.8 Å². The fourth-order valence-electron chi connectivity index (χ4n) is 2.88. The van der Waals surface area contributed by atoms with Crippen LogP contribution in [0.15, 0.2) is 48.1 Å². The van der Waals surface area contributed by atoms with E-state index in [2.05, 4.69) is 25.4 Å². The van der Waals surface area contributed by atoms with Crippen LogP contribution in [0.5, 0.6) is 0 Å². The van der Waals surface area contributed by atoms with Crippen LogP contribution in [0.4, 0.5) is 16.6 Å². The number of amides is 1. The van der Waals surface area contributed by atoms with E-state index in [4.69, 9.17) is 0 Å². The zero-order valence-corrected chi connectivity index (χ0v) is 15.5.